The summed E-state index contributed by atoms with van der Waals surface area (Å²) in [4.78, 5) is 4.05. The van der Waals surface area contributed by atoms with Gasteiger partial charge in [-0.15, -0.1) is 11.6 Å². The summed E-state index contributed by atoms with van der Waals surface area (Å²) in [5.74, 6) is 1.24. The summed E-state index contributed by atoms with van der Waals surface area (Å²) >= 11 is 8.66. The molecule has 0 aliphatic heterocycles. The van der Waals surface area contributed by atoms with Crippen molar-refractivity contribution in [1.82, 2.24) is 4.98 Å². The number of hydrogen-bond donors (Lipinski definition) is 0. The molecule has 0 N–H and O–H groups in total. The topological polar surface area (TPSA) is 26.0 Å². The molecule has 0 unspecified atom stereocenters. The third kappa shape index (κ3) is 2.44. The molecular weight excluding hydrogens is 296 g/mol. The van der Waals surface area contributed by atoms with E-state index in [1.807, 2.05) is 0 Å². The van der Waals surface area contributed by atoms with Crippen molar-refractivity contribution < 1.29 is 8.81 Å². The molecule has 0 amide bonds. The highest BCUT2D eigenvalue weighted by Gasteiger charge is 2.08. The zero-order valence-electron chi connectivity index (χ0n) is 8.21. The van der Waals surface area contributed by atoms with Crippen LogP contribution in [0.1, 0.15) is 5.89 Å². The van der Waals surface area contributed by atoms with E-state index in [0.29, 0.717) is 34.0 Å². The Hall–Kier alpha value is -0.870. The van der Waals surface area contributed by atoms with Gasteiger partial charge in [-0.05, 0) is 34.1 Å². The van der Waals surface area contributed by atoms with Crippen LogP contribution in [0.5, 0.6) is 0 Å². The highest BCUT2D eigenvalue weighted by atomic mass is 79.9. The van der Waals surface area contributed by atoms with Crippen LogP contribution in [-0.4, -0.2) is 10.9 Å². The van der Waals surface area contributed by atoms with E-state index in [0.717, 1.165) is 0 Å². The summed E-state index contributed by atoms with van der Waals surface area (Å²) in [5, 5.41) is 0. The third-order valence-electron chi connectivity index (χ3n) is 2.07. The average Bonchev–Trinajstić information content (AvgIpc) is 2.71. The lowest BCUT2D eigenvalue weighted by Gasteiger charge is -1.98. The zero-order valence-corrected chi connectivity index (χ0v) is 10.6. The normalized spacial score (nSPS) is 10.7. The molecule has 1 heterocycles. The Morgan fingerprint density at radius 3 is 2.94 bits per heavy atom. The van der Waals surface area contributed by atoms with Crippen LogP contribution in [0.4, 0.5) is 4.39 Å². The molecule has 5 heteroatoms. The van der Waals surface area contributed by atoms with Gasteiger partial charge in [0.1, 0.15) is 5.82 Å². The van der Waals surface area contributed by atoms with Gasteiger partial charge in [0.05, 0.1) is 10.7 Å². The summed E-state index contributed by atoms with van der Waals surface area (Å²) in [5.41, 5.74) is 0.661. The number of oxazole rings is 1. The van der Waals surface area contributed by atoms with Crippen molar-refractivity contribution in [3.63, 3.8) is 0 Å². The second kappa shape index (κ2) is 4.97. The van der Waals surface area contributed by atoms with E-state index in [1.165, 1.54) is 6.07 Å². The third-order valence-corrected chi connectivity index (χ3v) is 2.90. The number of rotatable bonds is 3. The molecule has 2 nitrogen and oxygen atoms in total. The van der Waals surface area contributed by atoms with Crippen molar-refractivity contribution in [2.24, 2.45) is 0 Å². The molecule has 0 fully saturated rings. The molecular formula is C11H8BrClFNO. The summed E-state index contributed by atoms with van der Waals surface area (Å²) in [6, 6.07) is 4.79. The van der Waals surface area contributed by atoms with E-state index in [2.05, 4.69) is 20.9 Å². The van der Waals surface area contributed by atoms with Crippen LogP contribution in [0.25, 0.3) is 11.3 Å². The number of aryl methyl sites for hydroxylation is 1. The van der Waals surface area contributed by atoms with Gasteiger partial charge in [-0.1, -0.05) is 0 Å². The minimum absolute atomic E-state index is 0.326. The Morgan fingerprint density at radius 1 is 1.44 bits per heavy atom. The van der Waals surface area contributed by atoms with Gasteiger partial charge in [0.2, 0.25) is 0 Å². The lowest BCUT2D eigenvalue weighted by Crippen LogP contribution is -1.83. The maximum absolute atomic E-state index is 13.3. The predicted octanol–water partition coefficient (Wildman–Crippen LogP) is 4.02. The van der Waals surface area contributed by atoms with Crippen molar-refractivity contribution in [2.45, 2.75) is 6.42 Å². The fraction of sp³-hybridized carbons (Fsp3) is 0.182. The lowest BCUT2D eigenvalue weighted by atomic mass is 10.2. The average molecular weight is 305 g/mol. The van der Waals surface area contributed by atoms with Gasteiger partial charge in [0.15, 0.2) is 11.7 Å². The monoisotopic (exact) mass is 303 g/mol. The van der Waals surface area contributed by atoms with Crippen LogP contribution < -0.4 is 0 Å². The van der Waals surface area contributed by atoms with Gasteiger partial charge in [0, 0.05) is 17.9 Å². The quantitative estimate of drug-likeness (QED) is 0.800. The van der Waals surface area contributed by atoms with E-state index in [9.17, 15) is 4.39 Å². The summed E-state index contributed by atoms with van der Waals surface area (Å²) < 4.78 is 19.1. The number of aromatic nitrogens is 1. The maximum Gasteiger partial charge on any atom is 0.196 e. The Morgan fingerprint density at radius 2 is 2.25 bits per heavy atom. The van der Waals surface area contributed by atoms with Crippen molar-refractivity contribution in [2.75, 3.05) is 5.88 Å². The first-order chi connectivity index (χ1) is 7.70. The number of alkyl halides is 1. The van der Waals surface area contributed by atoms with Gasteiger partial charge in [-0.2, -0.15) is 0 Å². The Bertz CT molecular complexity index is 500. The van der Waals surface area contributed by atoms with Crippen LogP contribution >= 0.6 is 27.5 Å². The number of halogens is 3. The molecule has 0 aliphatic carbocycles. The van der Waals surface area contributed by atoms with E-state index < -0.39 is 0 Å². The fourth-order valence-corrected chi connectivity index (χ4v) is 1.70. The van der Waals surface area contributed by atoms with E-state index in [1.54, 1.807) is 18.3 Å². The Labute approximate surface area is 106 Å². The van der Waals surface area contributed by atoms with E-state index >= 15 is 0 Å². The van der Waals surface area contributed by atoms with Crippen LogP contribution in [0, 0.1) is 5.82 Å². The van der Waals surface area contributed by atoms with Crippen LogP contribution in [-0.2, 0) is 6.42 Å². The highest BCUT2D eigenvalue weighted by molar-refractivity contribution is 9.10. The summed E-state index contributed by atoms with van der Waals surface area (Å²) in [6.07, 6.45) is 2.14. The minimum Gasteiger partial charge on any atom is -0.441 e. The standard InChI is InChI=1S/C11H8BrClFNO/c12-8-2-1-7(5-9(8)14)10-6-15-11(16-10)3-4-13/h1-2,5-6H,3-4H2. The van der Waals surface area contributed by atoms with Crippen LogP contribution in [0.15, 0.2) is 33.3 Å². The van der Waals surface area contributed by atoms with Crippen molar-refractivity contribution in [3.05, 3.63) is 40.6 Å². The molecule has 0 radical (unpaired) electrons. The molecule has 84 valence electrons. The molecule has 2 aromatic rings. The van der Waals surface area contributed by atoms with Gasteiger partial charge in [0.25, 0.3) is 0 Å². The van der Waals surface area contributed by atoms with Gasteiger partial charge >= 0.3 is 0 Å². The minimum atomic E-state index is -0.326. The van der Waals surface area contributed by atoms with E-state index in [-0.39, 0.29) is 5.82 Å². The van der Waals surface area contributed by atoms with Crippen molar-refractivity contribution in [1.29, 1.82) is 0 Å². The summed E-state index contributed by atoms with van der Waals surface area (Å²) in [6.45, 7) is 0. The first-order valence-corrected chi connectivity index (χ1v) is 5.99. The fourth-order valence-electron chi connectivity index (χ4n) is 1.29. The molecule has 0 bridgehead atoms. The molecule has 1 aromatic carbocycles. The second-order valence-corrected chi connectivity index (χ2v) is 4.42. The SMILES string of the molecule is Fc1cc(-c2cnc(CCCl)o2)ccc1Br. The number of nitrogens with zero attached hydrogens (tertiary/aromatic N) is 1. The molecule has 2 rings (SSSR count). The van der Waals surface area contributed by atoms with Gasteiger partial charge in [-0.3, -0.25) is 0 Å². The molecule has 1 aromatic heterocycles. The van der Waals surface area contributed by atoms with E-state index in [4.69, 9.17) is 16.0 Å². The zero-order chi connectivity index (χ0) is 11.5. The molecule has 16 heavy (non-hydrogen) atoms. The molecule has 0 spiro atoms. The number of hydrogen-bond acceptors (Lipinski definition) is 2. The molecule has 0 aliphatic rings. The van der Waals surface area contributed by atoms with Crippen LogP contribution in [0.3, 0.4) is 0 Å². The van der Waals surface area contributed by atoms with Crippen molar-refractivity contribution in [3.8, 4) is 11.3 Å². The second-order valence-electron chi connectivity index (χ2n) is 3.19. The maximum atomic E-state index is 13.3. The summed E-state index contributed by atoms with van der Waals surface area (Å²) in [7, 11) is 0. The Kier molecular flexibility index (Phi) is 3.61. The largest absolute Gasteiger partial charge is 0.441 e. The molecule has 0 atom stereocenters. The van der Waals surface area contributed by atoms with Gasteiger partial charge in [-0.25, -0.2) is 9.37 Å². The first kappa shape index (κ1) is 11.6. The van der Waals surface area contributed by atoms with Crippen molar-refractivity contribution >= 4 is 27.5 Å². The Balaban J connectivity index is 2.31. The predicted molar refractivity (Wildman–Crippen MR) is 64.0 cm³/mol. The number of benzene rings is 1. The molecule has 0 saturated carbocycles. The molecule has 0 saturated heterocycles. The first-order valence-electron chi connectivity index (χ1n) is 4.67. The highest BCUT2D eigenvalue weighted by Crippen LogP contribution is 2.25. The smallest absolute Gasteiger partial charge is 0.196 e. The van der Waals surface area contributed by atoms with Gasteiger partial charge < -0.3 is 4.42 Å². The van der Waals surface area contributed by atoms with Crippen LogP contribution in [0.2, 0.25) is 0 Å². The lowest BCUT2D eigenvalue weighted by molar-refractivity contribution is 0.514.